The second-order valence-electron chi connectivity index (χ2n) is 3.50. The van der Waals surface area contributed by atoms with Gasteiger partial charge in [-0.3, -0.25) is 4.98 Å². The summed E-state index contributed by atoms with van der Waals surface area (Å²) >= 11 is 3.47. The summed E-state index contributed by atoms with van der Waals surface area (Å²) in [4.78, 5) is 4.31. The van der Waals surface area contributed by atoms with Gasteiger partial charge in [0.15, 0.2) is 0 Å². The summed E-state index contributed by atoms with van der Waals surface area (Å²) in [5.74, 6) is 0.910. The highest BCUT2D eigenvalue weighted by atomic mass is 79.9. The van der Waals surface area contributed by atoms with E-state index in [-0.39, 0.29) is 6.04 Å². The quantitative estimate of drug-likeness (QED) is 0.936. The smallest absolute Gasteiger partial charge is 0.135 e. The van der Waals surface area contributed by atoms with Crippen LogP contribution >= 0.6 is 15.9 Å². The minimum absolute atomic E-state index is 0.138. The number of likely N-dealkylation sites (N-methyl/N-ethyl adjacent to an activating group) is 1. The molecular weight excluding hydrogens is 268 g/mol. The van der Waals surface area contributed by atoms with Gasteiger partial charge >= 0.3 is 0 Å². The zero-order valence-electron chi connectivity index (χ0n) is 8.98. The van der Waals surface area contributed by atoms with Crippen LogP contribution in [0, 0.1) is 0 Å². The molecule has 0 aliphatic heterocycles. The first kappa shape index (κ1) is 11.4. The largest absolute Gasteiger partial charge is 0.466 e. The lowest BCUT2D eigenvalue weighted by Gasteiger charge is -2.13. The molecule has 0 radical (unpaired) electrons. The molecule has 0 aliphatic carbocycles. The number of aromatic nitrogens is 1. The van der Waals surface area contributed by atoms with Crippen LogP contribution in [0.1, 0.15) is 17.5 Å². The monoisotopic (exact) mass is 280 g/mol. The molecule has 0 fully saturated rings. The van der Waals surface area contributed by atoms with E-state index in [9.17, 15) is 0 Å². The number of hydrogen-bond donors (Lipinski definition) is 1. The van der Waals surface area contributed by atoms with Gasteiger partial charge in [-0.2, -0.15) is 0 Å². The Kier molecular flexibility index (Phi) is 3.74. The van der Waals surface area contributed by atoms with Crippen molar-refractivity contribution in [1.29, 1.82) is 0 Å². The van der Waals surface area contributed by atoms with Crippen molar-refractivity contribution < 1.29 is 4.42 Å². The van der Waals surface area contributed by atoms with Crippen LogP contribution in [0.25, 0.3) is 0 Å². The normalized spacial score (nSPS) is 12.6. The molecule has 0 spiro atoms. The fourth-order valence-corrected chi connectivity index (χ4v) is 2.09. The topological polar surface area (TPSA) is 38.1 Å². The van der Waals surface area contributed by atoms with Gasteiger partial charge in [0.05, 0.1) is 16.8 Å². The van der Waals surface area contributed by atoms with Crippen LogP contribution in [-0.2, 0) is 6.42 Å². The van der Waals surface area contributed by atoms with Crippen LogP contribution in [-0.4, -0.2) is 12.0 Å². The Labute approximate surface area is 103 Å². The Bertz CT molecular complexity index is 441. The molecule has 0 saturated heterocycles. The summed E-state index contributed by atoms with van der Waals surface area (Å²) < 4.78 is 6.44. The van der Waals surface area contributed by atoms with E-state index in [1.165, 1.54) is 0 Å². The van der Waals surface area contributed by atoms with Crippen molar-refractivity contribution in [2.45, 2.75) is 12.5 Å². The lowest BCUT2D eigenvalue weighted by atomic mass is 10.1. The van der Waals surface area contributed by atoms with Crippen molar-refractivity contribution in [3.8, 4) is 0 Å². The van der Waals surface area contributed by atoms with Crippen LogP contribution in [0.15, 0.2) is 45.6 Å². The van der Waals surface area contributed by atoms with E-state index in [1.54, 1.807) is 12.5 Å². The molecule has 2 aromatic rings. The highest BCUT2D eigenvalue weighted by Gasteiger charge is 2.16. The number of furan rings is 1. The van der Waals surface area contributed by atoms with Gasteiger partial charge in [-0.15, -0.1) is 0 Å². The van der Waals surface area contributed by atoms with Crippen molar-refractivity contribution in [2.75, 3.05) is 7.05 Å². The van der Waals surface area contributed by atoms with Crippen LogP contribution < -0.4 is 5.32 Å². The second-order valence-corrected chi connectivity index (χ2v) is 4.35. The van der Waals surface area contributed by atoms with E-state index in [1.807, 2.05) is 31.3 Å². The molecular formula is C12H13BrN2O. The van der Waals surface area contributed by atoms with E-state index in [2.05, 4.69) is 26.2 Å². The van der Waals surface area contributed by atoms with E-state index in [0.717, 1.165) is 22.3 Å². The molecule has 2 rings (SSSR count). The summed E-state index contributed by atoms with van der Waals surface area (Å²) in [5.41, 5.74) is 1.05. The second kappa shape index (κ2) is 5.27. The first-order valence-corrected chi connectivity index (χ1v) is 5.90. The summed E-state index contributed by atoms with van der Waals surface area (Å²) in [6.45, 7) is 0. The first-order chi connectivity index (χ1) is 7.81. The fraction of sp³-hybridized carbons (Fsp3) is 0.250. The van der Waals surface area contributed by atoms with Gasteiger partial charge in [-0.05, 0) is 41.2 Å². The fourth-order valence-electron chi connectivity index (χ4n) is 1.61. The van der Waals surface area contributed by atoms with Crippen molar-refractivity contribution in [2.24, 2.45) is 0 Å². The van der Waals surface area contributed by atoms with Gasteiger partial charge in [0, 0.05) is 18.3 Å². The highest BCUT2D eigenvalue weighted by molar-refractivity contribution is 9.10. The van der Waals surface area contributed by atoms with Gasteiger partial charge in [0.1, 0.15) is 5.76 Å². The summed E-state index contributed by atoms with van der Waals surface area (Å²) in [6.07, 6.45) is 4.30. The number of nitrogens with one attached hydrogen (secondary N) is 1. The minimum Gasteiger partial charge on any atom is -0.466 e. The van der Waals surface area contributed by atoms with Crippen LogP contribution in [0.2, 0.25) is 0 Å². The standard InChI is InChI=1S/C12H13BrN2O/c1-14-11(12-10(13)5-7-16-12)8-9-4-2-3-6-15-9/h2-7,11,14H,8H2,1H3. The molecule has 1 unspecified atom stereocenters. The van der Waals surface area contributed by atoms with E-state index in [4.69, 9.17) is 4.42 Å². The zero-order valence-corrected chi connectivity index (χ0v) is 10.6. The molecule has 0 saturated carbocycles. The molecule has 84 valence electrons. The van der Waals surface area contributed by atoms with Crippen molar-refractivity contribution in [3.63, 3.8) is 0 Å². The SMILES string of the molecule is CNC(Cc1ccccn1)c1occc1Br. The molecule has 0 aliphatic rings. The molecule has 0 aromatic carbocycles. The van der Waals surface area contributed by atoms with Gasteiger partial charge in [0.25, 0.3) is 0 Å². The Morgan fingerprint density at radius 3 is 2.88 bits per heavy atom. The van der Waals surface area contributed by atoms with Gasteiger partial charge in [-0.25, -0.2) is 0 Å². The Morgan fingerprint density at radius 1 is 1.44 bits per heavy atom. The summed E-state index contributed by atoms with van der Waals surface area (Å²) in [7, 11) is 1.92. The number of nitrogens with zero attached hydrogens (tertiary/aromatic N) is 1. The van der Waals surface area contributed by atoms with Crippen molar-refractivity contribution >= 4 is 15.9 Å². The summed E-state index contributed by atoms with van der Waals surface area (Å²) in [6, 6.07) is 7.96. The summed E-state index contributed by atoms with van der Waals surface area (Å²) in [5, 5.41) is 3.23. The number of rotatable bonds is 4. The average Bonchev–Trinajstić information content (AvgIpc) is 2.74. The lowest BCUT2D eigenvalue weighted by Crippen LogP contribution is -2.19. The zero-order chi connectivity index (χ0) is 11.4. The van der Waals surface area contributed by atoms with Gasteiger partial charge < -0.3 is 9.73 Å². The molecule has 4 heteroatoms. The molecule has 3 nitrogen and oxygen atoms in total. The first-order valence-electron chi connectivity index (χ1n) is 5.11. The molecule has 1 atom stereocenters. The highest BCUT2D eigenvalue weighted by Crippen LogP contribution is 2.26. The number of halogens is 1. The van der Waals surface area contributed by atoms with E-state index in [0.29, 0.717) is 0 Å². The maximum absolute atomic E-state index is 5.45. The maximum Gasteiger partial charge on any atom is 0.135 e. The number of pyridine rings is 1. The number of hydrogen-bond acceptors (Lipinski definition) is 3. The molecule has 16 heavy (non-hydrogen) atoms. The predicted molar refractivity (Wildman–Crippen MR) is 66.1 cm³/mol. The third-order valence-corrected chi connectivity index (χ3v) is 3.10. The third kappa shape index (κ3) is 2.51. The van der Waals surface area contributed by atoms with Crippen LogP contribution in [0.5, 0.6) is 0 Å². The third-order valence-electron chi connectivity index (χ3n) is 2.45. The van der Waals surface area contributed by atoms with Crippen molar-refractivity contribution in [3.05, 3.63) is 52.7 Å². The van der Waals surface area contributed by atoms with Crippen LogP contribution in [0.3, 0.4) is 0 Å². The molecule has 1 N–H and O–H groups in total. The average molecular weight is 281 g/mol. The Morgan fingerprint density at radius 2 is 2.31 bits per heavy atom. The van der Waals surface area contributed by atoms with Gasteiger partial charge in [0.2, 0.25) is 0 Å². The van der Waals surface area contributed by atoms with Crippen molar-refractivity contribution in [1.82, 2.24) is 10.3 Å². The molecule has 2 heterocycles. The lowest BCUT2D eigenvalue weighted by molar-refractivity contribution is 0.425. The van der Waals surface area contributed by atoms with E-state index < -0.39 is 0 Å². The Hall–Kier alpha value is -1.13. The molecule has 0 bridgehead atoms. The van der Waals surface area contributed by atoms with Crippen LogP contribution in [0.4, 0.5) is 0 Å². The maximum atomic E-state index is 5.45. The predicted octanol–water partition coefficient (Wildman–Crippen LogP) is 2.94. The van der Waals surface area contributed by atoms with E-state index >= 15 is 0 Å². The molecule has 0 amide bonds. The Balaban J connectivity index is 2.16. The molecule has 2 aromatic heterocycles. The van der Waals surface area contributed by atoms with Gasteiger partial charge in [-0.1, -0.05) is 6.07 Å². The minimum atomic E-state index is 0.138.